The number of likely N-dealkylation sites (N-methyl/N-ethyl adjacent to an activating group) is 1. The van der Waals surface area contributed by atoms with E-state index in [0.717, 1.165) is 0 Å². The third-order valence-corrected chi connectivity index (χ3v) is 6.16. The van der Waals surface area contributed by atoms with Crippen molar-refractivity contribution >= 4 is 27.3 Å². The fourth-order valence-corrected chi connectivity index (χ4v) is 4.65. The van der Waals surface area contributed by atoms with Crippen molar-refractivity contribution in [3.05, 3.63) is 72.3 Å². The Bertz CT molecular complexity index is 981. The Hall–Kier alpha value is -2.93. The van der Waals surface area contributed by atoms with E-state index in [1.165, 1.54) is 11.0 Å². The number of nitrogens with zero attached hydrogens (tertiary/aromatic N) is 1. The standard InChI is InChI=1S/C19H18N2O4S/c1-3-18(22)21(2)14-10-8-13(9-11-14)19(23)20-16-12-26(24,25)17-7-5-4-6-15(16)17/h3-11,16H,1,12H2,2H3,(H,20,23). The minimum absolute atomic E-state index is 0.146. The van der Waals surface area contributed by atoms with Crippen molar-refractivity contribution in [1.82, 2.24) is 5.32 Å². The number of carbonyl (C=O) groups excluding carboxylic acids is 2. The van der Waals surface area contributed by atoms with Crippen LogP contribution in [0, 0.1) is 0 Å². The number of hydrogen-bond donors (Lipinski definition) is 1. The summed E-state index contributed by atoms with van der Waals surface area (Å²) in [4.78, 5) is 25.8. The Kier molecular flexibility index (Phi) is 4.65. The fourth-order valence-electron chi connectivity index (χ4n) is 2.91. The number of fused-ring (bicyclic) bond motifs is 1. The second kappa shape index (κ2) is 6.76. The van der Waals surface area contributed by atoms with Crippen LogP contribution in [0.25, 0.3) is 0 Å². The Labute approximate surface area is 152 Å². The minimum atomic E-state index is -3.38. The lowest BCUT2D eigenvalue weighted by Crippen LogP contribution is -2.29. The van der Waals surface area contributed by atoms with E-state index < -0.39 is 15.9 Å². The zero-order valence-corrected chi connectivity index (χ0v) is 15.0. The molecule has 6 nitrogen and oxygen atoms in total. The van der Waals surface area contributed by atoms with Crippen LogP contribution in [-0.4, -0.2) is 33.0 Å². The highest BCUT2D eigenvalue weighted by atomic mass is 32.2. The first-order valence-corrected chi connectivity index (χ1v) is 9.61. The predicted octanol–water partition coefficient (Wildman–Crippen LogP) is 2.09. The topological polar surface area (TPSA) is 83.6 Å². The molecule has 3 rings (SSSR count). The van der Waals surface area contributed by atoms with Crippen LogP contribution in [-0.2, 0) is 14.6 Å². The number of hydrogen-bond acceptors (Lipinski definition) is 4. The molecule has 1 N–H and O–H groups in total. The number of anilines is 1. The minimum Gasteiger partial charge on any atom is -0.344 e. The van der Waals surface area contributed by atoms with E-state index in [2.05, 4.69) is 11.9 Å². The zero-order chi connectivity index (χ0) is 18.9. The van der Waals surface area contributed by atoms with Crippen molar-refractivity contribution in [3.63, 3.8) is 0 Å². The highest BCUT2D eigenvalue weighted by molar-refractivity contribution is 7.91. The average Bonchev–Trinajstić information content (AvgIpc) is 2.91. The molecule has 0 saturated carbocycles. The van der Waals surface area contributed by atoms with Gasteiger partial charge in [-0.15, -0.1) is 0 Å². The normalized spacial score (nSPS) is 17.2. The molecule has 0 saturated heterocycles. The summed E-state index contributed by atoms with van der Waals surface area (Å²) in [7, 11) is -1.77. The van der Waals surface area contributed by atoms with Crippen molar-refractivity contribution in [2.24, 2.45) is 0 Å². The maximum atomic E-state index is 12.5. The van der Waals surface area contributed by atoms with Gasteiger partial charge in [-0.25, -0.2) is 8.42 Å². The van der Waals surface area contributed by atoms with Crippen LogP contribution in [0.2, 0.25) is 0 Å². The summed E-state index contributed by atoms with van der Waals surface area (Å²) in [5.74, 6) is -0.770. The number of nitrogens with one attached hydrogen (secondary N) is 1. The molecular weight excluding hydrogens is 352 g/mol. The van der Waals surface area contributed by atoms with Gasteiger partial charge in [0.1, 0.15) is 0 Å². The summed E-state index contributed by atoms with van der Waals surface area (Å²) in [6.07, 6.45) is 1.21. The van der Waals surface area contributed by atoms with Crippen molar-refractivity contribution in [3.8, 4) is 0 Å². The molecule has 0 bridgehead atoms. The molecule has 1 aliphatic rings. The molecule has 0 aromatic heterocycles. The Morgan fingerprint density at radius 1 is 1.15 bits per heavy atom. The molecule has 0 fully saturated rings. The van der Waals surface area contributed by atoms with Crippen LogP contribution in [0.4, 0.5) is 5.69 Å². The summed E-state index contributed by atoms with van der Waals surface area (Å²) in [6.45, 7) is 3.44. The van der Waals surface area contributed by atoms with Crippen LogP contribution in [0.5, 0.6) is 0 Å². The molecule has 134 valence electrons. The molecule has 0 radical (unpaired) electrons. The summed E-state index contributed by atoms with van der Waals surface area (Å²) < 4.78 is 24.4. The van der Waals surface area contributed by atoms with Crippen LogP contribution in [0.15, 0.2) is 66.1 Å². The Balaban J connectivity index is 1.77. The van der Waals surface area contributed by atoms with Crippen LogP contribution < -0.4 is 10.2 Å². The number of benzene rings is 2. The maximum absolute atomic E-state index is 12.5. The lowest BCUT2D eigenvalue weighted by molar-refractivity contribution is -0.113. The van der Waals surface area contributed by atoms with Gasteiger partial charge in [0.25, 0.3) is 5.91 Å². The van der Waals surface area contributed by atoms with Gasteiger partial charge in [0, 0.05) is 18.3 Å². The highest BCUT2D eigenvalue weighted by Crippen LogP contribution is 2.33. The van der Waals surface area contributed by atoms with Crippen molar-refractivity contribution in [2.45, 2.75) is 10.9 Å². The van der Waals surface area contributed by atoms with E-state index >= 15 is 0 Å². The average molecular weight is 370 g/mol. The van der Waals surface area contributed by atoms with Gasteiger partial charge >= 0.3 is 0 Å². The first-order chi connectivity index (χ1) is 12.3. The van der Waals surface area contributed by atoms with E-state index in [-0.39, 0.29) is 22.5 Å². The molecule has 2 aromatic rings. The Morgan fingerprint density at radius 2 is 1.81 bits per heavy atom. The molecule has 26 heavy (non-hydrogen) atoms. The van der Waals surface area contributed by atoms with Gasteiger partial charge < -0.3 is 10.2 Å². The van der Waals surface area contributed by atoms with E-state index in [9.17, 15) is 18.0 Å². The third-order valence-electron chi connectivity index (χ3n) is 4.34. The van der Waals surface area contributed by atoms with Gasteiger partial charge in [-0.05, 0) is 42.0 Å². The van der Waals surface area contributed by atoms with Gasteiger partial charge in [-0.3, -0.25) is 9.59 Å². The summed E-state index contributed by atoms with van der Waals surface area (Å²) in [5.41, 5.74) is 1.61. The largest absolute Gasteiger partial charge is 0.344 e. The van der Waals surface area contributed by atoms with Gasteiger partial charge in [-0.1, -0.05) is 24.8 Å². The Morgan fingerprint density at radius 3 is 2.46 bits per heavy atom. The van der Waals surface area contributed by atoms with Crippen LogP contribution in [0.1, 0.15) is 22.0 Å². The molecule has 2 aromatic carbocycles. The fraction of sp³-hybridized carbons (Fsp3) is 0.158. The van der Waals surface area contributed by atoms with Gasteiger partial charge in [-0.2, -0.15) is 0 Å². The number of carbonyl (C=O) groups is 2. The number of sulfone groups is 1. The summed E-state index contributed by atoms with van der Waals surface area (Å²) >= 11 is 0. The van der Waals surface area contributed by atoms with E-state index in [0.29, 0.717) is 16.8 Å². The van der Waals surface area contributed by atoms with Crippen molar-refractivity contribution in [1.29, 1.82) is 0 Å². The smallest absolute Gasteiger partial charge is 0.251 e. The van der Waals surface area contributed by atoms with Crippen molar-refractivity contribution < 1.29 is 18.0 Å². The van der Waals surface area contributed by atoms with Crippen molar-refractivity contribution in [2.75, 3.05) is 17.7 Å². The van der Waals surface area contributed by atoms with E-state index in [1.54, 1.807) is 55.6 Å². The van der Waals surface area contributed by atoms with E-state index in [4.69, 9.17) is 0 Å². The molecule has 0 aliphatic carbocycles. The maximum Gasteiger partial charge on any atom is 0.251 e. The second-order valence-corrected chi connectivity index (χ2v) is 8.00. The third kappa shape index (κ3) is 3.25. The molecule has 1 unspecified atom stereocenters. The van der Waals surface area contributed by atoms with E-state index in [1.807, 2.05) is 0 Å². The zero-order valence-electron chi connectivity index (χ0n) is 14.2. The van der Waals surface area contributed by atoms with Crippen LogP contribution >= 0.6 is 0 Å². The first kappa shape index (κ1) is 17.9. The number of amides is 2. The SMILES string of the molecule is C=CC(=O)N(C)c1ccc(C(=O)NC2CS(=O)(=O)c3ccccc32)cc1. The van der Waals surface area contributed by atoms with Crippen LogP contribution in [0.3, 0.4) is 0 Å². The van der Waals surface area contributed by atoms with Gasteiger partial charge in [0.15, 0.2) is 9.84 Å². The summed E-state index contributed by atoms with van der Waals surface area (Å²) in [6, 6.07) is 12.6. The first-order valence-electron chi connectivity index (χ1n) is 7.96. The lowest BCUT2D eigenvalue weighted by atomic mass is 10.1. The molecular formula is C19H18N2O4S. The van der Waals surface area contributed by atoms with Gasteiger partial charge in [0.2, 0.25) is 5.91 Å². The monoisotopic (exact) mass is 370 g/mol. The summed E-state index contributed by atoms with van der Waals surface area (Å²) in [5, 5.41) is 2.77. The molecule has 7 heteroatoms. The predicted molar refractivity (Wildman–Crippen MR) is 98.8 cm³/mol. The number of rotatable bonds is 4. The molecule has 1 atom stereocenters. The quantitative estimate of drug-likeness (QED) is 0.836. The highest BCUT2D eigenvalue weighted by Gasteiger charge is 2.35. The van der Waals surface area contributed by atoms with Gasteiger partial charge in [0.05, 0.1) is 16.7 Å². The molecule has 1 aliphatic heterocycles. The lowest BCUT2D eigenvalue weighted by Gasteiger charge is -2.16. The molecule has 1 heterocycles. The molecule has 2 amide bonds. The molecule has 0 spiro atoms. The second-order valence-electron chi connectivity index (χ2n) is 5.99.